The fourth-order valence-electron chi connectivity index (χ4n) is 4.08. The molecule has 0 aromatic rings. The smallest absolute Gasteiger partial charge is 0.249 e. The molecule has 0 heterocycles. The molecule has 0 aliphatic rings. The predicted molar refractivity (Wildman–Crippen MR) is 207 cm³/mol. The molecule has 8 nitrogen and oxygen atoms in total. The van der Waals surface area contributed by atoms with E-state index in [0.29, 0.717) is 26.1 Å². The summed E-state index contributed by atoms with van der Waals surface area (Å²) >= 11 is 0. The van der Waals surface area contributed by atoms with E-state index in [-0.39, 0.29) is 36.8 Å². The Morgan fingerprint density at radius 1 is 0.667 bits per heavy atom. The van der Waals surface area contributed by atoms with E-state index in [9.17, 15) is 14.4 Å². The van der Waals surface area contributed by atoms with Crippen molar-refractivity contribution in [3.63, 3.8) is 0 Å². The highest BCUT2D eigenvalue weighted by atomic mass is 33.1. The number of rotatable bonds is 29. The summed E-state index contributed by atoms with van der Waals surface area (Å²) in [5.41, 5.74) is -0.502. The van der Waals surface area contributed by atoms with Crippen LogP contribution in [0.15, 0.2) is 72.9 Å². The van der Waals surface area contributed by atoms with Gasteiger partial charge in [-0.1, -0.05) is 115 Å². The first-order chi connectivity index (χ1) is 23.1. The minimum absolute atomic E-state index is 0.0178. The van der Waals surface area contributed by atoms with Crippen molar-refractivity contribution in [3.05, 3.63) is 72.9 Å². The molecule has 0 aliphatic heterocycles. The average Bonchev–Trinajstić information content (AvgIpc) is 3.04. The summed E-state index contributed by atoms with van der Waals surface area (Å²) in [5, 5.41) is 8.60. The molecule has 48 heavy (non-hydrogen) atoms. The number of carbonyl (C=O) groups is 3. The molecular formula is C38H63N3O5S2. The molecule has 0 aromatic carbocycles. The van der Waals surface area contributed by atoms with Crippen LogP contribution in [-0.2, 0) is 23.9 Å². The van der Waals surface area contributed by atoms with E-state index in [1.807, 2.05) is 39.8 Å². The topological polar surface area (TPSA) is 106 Å². The van der Waals surface area contributed by atoms with Crippen LogP contribution in [0.5, 0.6) is 0 Å². The molecule has 0 spiro atoms. The van der Waals surface area contributed by atoms with Gasteiger partial charge in [-0.3, -0.25) is 14.4 Å². The zero-order valence-electron chi connectivity index (χ0n) is 30.3. The van der Waals surface area contributed by atoms with E-state index in [2.05, 4.69) is 83.6 Å². The fraction of sp³-hybridized carbons (Fsp3) is 0.605. The molecule has 0 rings (SSSR count). The van der Waals surface area contributed by atoms with Crippen molar-refractivity contribution in [2.75, 3.05) is 44.9 Å². The van der Waals surface area contributed by atoms with Crippen LogP contribution in [0, 0.1) is 5.41 Å². The third kappa shape index (κ3) is 28.5. The Bertz CT molecular complexity index is 1040. The summed E-state index contributed by atoms with van der Waals surface area (Å²) in [6, 6.07) is 0. The predicted octanol–water partition coefficient (Wildman–Crippen LogP) is 7.66. The largest absolute Gasteiger partial charge is 0.378 e. The second kappa shape index (κ2) is 31.7. The van der Waals surface area contributed by atoms with E-state index >= 15 is 0 Å². The summed E-state index contributed by atoms with van der Waals surface area (Å²) in [6.07, 6.45) is 31.5. The van der Waals surface area contributed by atoms with Crippen LogP contribution in [0.3, 0.4) is 0 Å². The molecule has 3 amide bonds. The highest BCUT2D eigenvalue weighted by Gasteiger charge is 2.36. The molecule has 272 valence electrons. The molecule has 0 aromatic heterocycles. The lowest BCUT2D eigenvalue weighted by Gasteiger charge is -2.32. The van der Waals surface area contributed by atoms with Crippen molar-refractivity contribution in [1.82, 2.24) is 16.0 Å². The fourth-order valence-corrected chi connectivity index (χ4v) is 5.90. The number of allylic oxidation sites excluding steroid dienone is 11. The van der Waals surface area contributed by atoms with E-state index in [4.69, 9.17) is 9.47 Å². The van der Waals surface area contributed by atoms with Gasteiger partial charge in [0.15, 0.2) is 0 Å². The molecule has 0 saturated carbocycles. The van der Waals surface area contributed by atoms with Gasteiger partial charge in [0.05, 0.1) is 12.7 Å². The second-order valence-electron chi connectivity index (χ2n) is 12.0. The van der Waals surface area contributed by atoms with Crippen molar-refractivity contribution in [2.24, 2.45) is 5.41 Å². The lowest BCUT2D eigenvalue weighted by molar-refractivity contribution is -0.142. The van der Waals surface area contributed by atoms with Gasteiger partial charge >= 0.3 is 0 Å². The van der Waals surface area contributed by atoms with Crippen molar-refractivity contribution in [1.29, 1.82) is 0 Å². The van der Waals surface area contributed by atoms with E-state index in [1.165, 1.54) is 7.11 Å². The zero-order chi connectivity index (χ0) is 35.7. The first kappa shape index (κ1) is 45.5. The molecular weight excluding hydrogens is 643 g/mol. The van der Waals surface area contributed by atoms with Gasteiger partial charge in [-0.2, -0.15) is 0 Å². The Labute approximate surface area is 299 Å². The maximum absolute atomic E-state index is 12.6. The first-order valence-electron chi connectivity index (χ1n) is 17.2. The Balaban J connectivity index is 3.77. The highest BCUT2D eigenvalue weighted by molar-refractivity contribution is 8.76. The summed E-state index contributed by atoms with van der Waals surface area (Å²) in [7, 11) is 4.82. The Kier molecular flexibility index (Phi) is 30.0. The van der Waals surface area contributed by atoms with Crippen LogP contribution < -0.4 is 16.0 Å². The molecule has 1 atom stereocenters. The molecule has 0 unspecified atom stereocenters. The third-order valence-corrected chi connectivity index (χ3v) is 9.03. The Hall–Kier alpha value is -2.53. The van der Waals surface area contributed by atoms with Gasteiger partial charge in [0.25, 0.3) is 0 Å². The number of carbonyl (C=O) groups excluding carboxylic acids is 3. The van der Waals surface area contributed by atoms with E-state index in [1.54, 1.807) is 21.6 Å². The number of amides is 3. The van der Waals surface area contributed by atoms with Gasteiger partial charge in [0, 0.05) is 56.5 Å². The Morgan fingerprint density at radius 2 is 1.12 bits per heavy atom. The standard InChI is InChI=1S/C38H63N3O5S2/c1-7-8-9-10-11-12-13-14-15-16-17-18-19-20-21-22-23-24-25-34(42)39-28-30-47-48-31-29-40-35(43)26-27-41-37(44)36(45-6)38(4,5)32-46-33(2)3/h8-9,11-12,14-15,17-18,20-21,23-24,33,36H,7,10,13,16,19,22,25-32H2,1-6H3,(H,39,42)(H,40,43)(H,41,44)/b9-8-,12-11-,15-14-,18-17-,21-20-,24-23-/t36-/m0/s1. The minimum Gasteiger partial charge on any atom is -0.378 e. The summed E-state index contributed by atoms with van der Waals surface area (Å²) in [5.74, 6) is 1.20. The van der Waals surface area contributed by atoms with Crippen LogP contribution in [0.25, 0.3) is 0 Å². The molecule has 0 saturated heterocycles. The van der Waals surface area contributed by atoms with Crippen LogP contribution in [-0.4, -0.2) is 74.8 Å². The number of hydrogen-bond donors (Lipinski definition) is 3. The molecule has 0 aliphatic carbocycles. The van der Waals surface area contributed by atoms with E-state index < -0.39 is 11.5 Å². The lowest BCUT2D eigenvalue weighted by Crippen LogP contribution is -2.48. The van der Waals surface area contributed by atoms with Gasteiger partial charge in [-0.25, -0.2) is 0 Å². The van der Waals surface area contributed by atoms with Crippen molar-refractivity contribution < 1.29 is 23.9 Å². The number of nitrogens with one attached hydrogen (secondary N) is 3. The van der Waals surface area contributed by atoms with Gasteiger partial charge in [-0.15, -0.1) is 0 Å². The third-order valence-electron chi connectivity index (χ3n) is 6.62. The zero-order valence-corrected chi connectivity index (χ0v) is 32.0. The normalized spacial score (nSPS) is 13.3. The Morgan fingerprint density at radius 3 is 1.58 bits per heavy atom. The quantitative estimate of drug-likeness (QED) is 0.0417. The summed E-state index contributed by atoms with van der Waals surface area (Å²) in [4.78, 5) is 36.7. The SMILES string of the molecule is CC/C=C\C/C=C\C/C=C\C/C=C\C/C=C\C/C=C\CC(=O)NCCSSCCNC(=O)CCNC(=O)[C@H](OC)C(C)(C)COC(C)C. The van der Waals surface area contributed by atoms with Gasteiger partial charge in [0.1, 0.15) is 6.10 Å². The van der Waals surface area contributed by atoms with Crippen LogP contribution in [0.2, 0.25) is 0 Å². The van der Waals surface area contributed by atoms with Gasteiger partial charge in [-0.05, 0) is 52.4 Å². The molecule has 0 fully saturated rings. The number of ether oxygens (including phenoxy) is 2. The maximum Gasteiger partial charge on any atom is 0.249 e. The molecule has 10 heteroatoms. The highest BCUT2D eigenvalue weighted by Crippen LogP contribution is 2.24. The van der Waals surface area contributed by atoms with Crippen LogP contribution >= 0.6 is 21.6 Å². The maximum atomic E-state index is 12.6. The van der Waals surface area contributed by atoms with Crippen molar-refractivity contribution >= 4 is 39.3 Å². The lowest BCUT2D eigenvalue weighted by atomic mass is 9.86. The monoisotopic (exact) mass is 705 g/mol. The van der Waals surface area contributed by atoms with E-state index in [0.717, 1.165) is 50.0 Å². The summed E-state index contributed by atoms with van der Waals surface area (Å²) < 4.78 is 11.1. The van der Waals surface area contributed by atoms with Crippen molar-refractivity contribution in [2.45, 2.75) is 98.2 Å². The molecule has 0 radical (unpaired) electrons. The van der Waals surface area contributed by atoms with Gasteiger partial charge in [0.2, 0.25) is 17.7 Å². The average molecular weight is 706 g/mol. The second-order valence-corrected chi connectivity index (χ2v) is 14.7. The van der Waals surface area contributed by atoms with Crippen LogP contribution in [0.4, 0.5) is 0 Å². The minimum atomic E-state index is -0.672. The number of methoxy groups -OCH3 is 1. The number of hydrogen-bond acceptors (Lipinski definition) is 7. The summed E-state index contributed by atoms with van der Waals surface area (Å²) in [6.45, 7) is 11.7. The molecule has 0 bridgehead atoms. The van der Waals surface area contributed by atoms with Gasteiger partial charge < -0.3 is 25.4 Å². The first-order valence-corrected chi connectivity index (χ1v) is 19.7. The molecule has 3 N–H and O–H groups in total. The van der Waals surface area contributed by atoms with Crippen molar-refractivity contribution in [3.8, 4) is 0 Å². The van der Waals surface area contributed by atoms with Crippen LogP contribution in [0.1, 0.15) is 86.0 Å².